The van der Waals surface area contributed by atoms with Gasteiger partial charge in [0.05, 0.1) is 11.5 Å². The predicted octanol–water partition coefficient (Wildman–Crippen LogP) is 4.74. The molecule has 0 saturated heterocycles. The molecule has 160 valence electrons. The van der Waals surface area contributed by atoms with Crippen LogP contribution < -0.4 is 5.11 Å². The normalized spacial score (nSPS) is 19.2. The van der Waals surface area contributed by atoms with E-state index in [0.717, 1.165) is 24.0 Å². The second kappa shape index (κ2) is 6.89. The van der Waals surface area contributed by atoms with E-state index in [1.807, 2.05) is 12.1 Å². The third kappa shape index (κ3) is 3.25. The van der Waals surface area contributed by atoms with E-state index in [1.54, 1.807) is 13.0 Å². The fourth-order valence-corrected chi connectivity index (χ4v) is 5.06. The second-order valence-corrected chi connectivity index (χ2v) is 10.3. The molecule has 2 aromatic rings. The van der Waals surface area contributed by atoms with Crippen LogP contribution in [0.1, 0.15) is 93.9 Å². The number of halogens is 1. The van der Waals surface area contributed by atoms with Gasteiger partial charge >= 0.3 is 0 Å². The highest BCUT2D eigenvalue weighted by molar-refractivity contribution is 6.56. The Bertz CT molecular complexity index is 1210. The van der Waals surface area contributed by atoms with Gasteiger partial charge in [-0.05, 0) is 65.0 Å². The van der Waals surface area contributed by atoms with Crippen molar-refractivity contribution in [1.29, 1.82) is 0 Å². The molecule has 4 rings (SSSR count). The molecule has 0 spiro atoms. The van der Waals surface area contributed by atoms with Gasteiger partial charge in [-0.1, -0.05) is 57.5 Å². The number of carbonyl (C=O) groups excluding carboxylic acids is 3. The molecule has 2 aromatic carbocycles. The van der Waals surface area contributed by atoms with Crippen molar-refractivity contribution in [2.24, 2.45) is 0 Å². The molecule has 0 unspecified atom stereocenters. The summed E-state index contributed by atoms with van der Waals surface area (Å²) in [5.41, 5.74) is 3.67. The average Bonchev–Trinajstić information content (AvgIpc) is 2.69. The van der Waals surface area contributed by atoms with Crippen LogP contribution >= 0.6 is 11.6 Å². The van der Waals surface area contributed by atoms with Crippen LogP contribution in [0.15, 0.2) is 35.4 Å². The first-order valence-corrected chi connectivity index (χ1v) is 10.7. The Morgan fingerprint density at radius 1 is 0.903 bits per heavy atom. The highest BCUT2D eigenvalue weighted by Gasteiger charge is 2.41. The van der Waals surface area contributed by atoms with E-state index in [4.69, 9.17) is 11.6 Å². The summed E-state index contributed by atoms with van der Waals surface area (Å²) in [5, 5.41) is 11.1. The molecule has 2 aliphatic rings. The van der Waals surface area contributed by atoms with Gasteiger partial charge in [0.15, 0.2) is 5.78 Å². The van der Waals surface area contributed by atoms with Crippen molar-refractivity contribution in [3.63, 3.8) is 0 Å². The van der Waals surface area contributed by atoms with Crippen LogP contribution in [0, 0.1) is 6.92 Å². The fourth-order valence-electron chi connectivity index (χ4n) is 4.76. The minimum Gasteiger partial charge on any atom is -0.545 e. The molecule has 0 aromatic heterocycles. The lowest BCUT2D eigenvalue weighted by Crippen LogP contribution is -2.35. The van der Waals surface area contributed by atoms with Crippen molar-refractivity contribution in [2.45, 2.75) is 58.3 Å². The summed E-state index contributed by atoms with van der Waals surface area (Å²) in [6.07, 6.45) is 1.98. The number of Topliss-reactive ketones (excluding diaryl/α,β-unsaturated/α-hetero) is 2. The largest absolute Gasteiger partial charge is 0.545 e. The topological polar surface area (TPSA) is 74.3 Å². The zero-order valence-electron chi connectivity index (χ0n) is 18.3. The summed E-state index contributed by atoms with van der Waals surface area (Å²) in [5.74, 6) is -1.99. The highest BCUT2D eigenvalue weighted by Crippen LogP contribution is 2.48. The lowest BCUT2D eigenvalue weighted by molar-refractivity contribution is -0.255. The third-order valence-electron chi connectivity index (χ3n) is 6.86. The van der Waals surface area contributed by atoms with Crippen LogP contribution in [0.25, 0.3) is 5.57 Å². The average molecular weight is 436 g/mol. The van der Waals surface area contributed by atoms with E-state index >= 15 is 0 Å². The zero-order valence-corrected chi connectivity index (χ0v) is 19.1. The quantitative estimate of drug-likeness (QED) is 0.683. The zero-order chi connectivity index (χ0) is 22.9. The summed E-state index contributed by atoms with van der Waals surface area (Å²) < 4.78 is 0. The van der Waals surface area contributed by atoms with Crippen molar-refractivity contribution in [2.75, 3.05) is 0 Å². The second-order valence-electron chi connectivity index (χ2n) is 9.88. The first-order valence-electron chi connectivity index (χ1n) is 10.4. The van der Waals surface area contributed by atoms with E-state index in [1.165, 1.54) is 12.1 Å². The number of ketones is 2. The standard InChI is InChI=1S/C26H25ClO4/c1-13-10-14(6-7-15(13)24(30)31)20-21(27)23(29)17-12-19-18(11-16(17)22(20)28)25(2,3)8-9-26(19,4)5/h6-7,10-12H,8-9H2,1-5H3,(H,30,31)/p-1. The number of allylic oxidation sites excluding steroid dienone is 2. The summed E-state index contributed by atoms with van der Waals surface area (Å²) in [4.78, 5) is 38.0. The van der Waals surface area contributed by atoms with Gasteiger partial charge in [-0.3, -0.25) is 9.59 Å². The molecule has 0 fully saturated rings. The van der Waals surface area contributed by atoms with E-state index < -0.39 is 5.97 Å². The molecule has 0 amide bonds. The third-order valence-corrected chi connectivity index (χ3v) is 7.22. The van der Waals surface area contributed by atoms with Gasteiger partial charge < -0.3 is 9.90 Å². The molecule has 4 nitrogen and oxygen atoms in total. The molecule has 0 aliphatic heterocycles. The van der Waals surface area contributed by atoms with Gasteiger partial charge in [-0.15, -0.1) is 0 Å². The van der Waals surface area contributed by atoms with Crippen molar-refractivity contribution in [3.05, 3.63) is 74.3 Å². The van der Waals surface area contributed by atoms with Crippen molar-refractivity contribution in [1.82, 2.24) is 0 Å². The molecule has 0 bridgehead atoms. The number of hydrogen-bond acceptors (Lipinski definition) is 4. The SMILES string of the molecule is Cc1cc(C2=C(Cl)C(=O)c3cc4c(cc3C2=O)C(C)(C)CCC4(C)C)ccc1C(=O)[O-]. The molecule has 0 radical (unpaired) electrons. The molecular formula is C26H24ClO4-. The highest BCUT2D eigenvalue weighted by atomic mass is 35.5. The maximum absolute atomic E-state index is 13.5. The smallest absolute Gasteiger partial charge is 0.205 e. The molecule has 0 saturated carbocycles. The van der Waals surface area contributed by atoms with Crippen LogP contribution in [0.3, 0.4) is 0 Å². The van der Waals surface area contributed by atoms with E-state index in [9.17, 15) is 19.5 Å². The lowest BCUT2D eigenvalue weighted by atomic mass is 9.62. The first-order chi connectivity index (χ1) is 14.3. The number of aryl methyl sites for hydroxylation is 1. The van der Waals surface area contributed by atoms with Gasteiger partial charge in [0.2, 0.25) is 5.78 Å². The van der Waals surface area contributed by atoms with Crippen LogP contribution in [0.2, 0.25) is 0 Å². The van der Waals surface area contributed by atoms with Gasteiger partial charge in [0.1, 0.15) is 5.03 Å². The van der Waals surface area contributed by atoms with Gasteiger partial charge in [-0.25, -0.2) is 0 Å². The number of carboxylic acid groups (broad SMARTS) is 1. The number of carboxylic acids is 1. The van der Waals surface area contributed by atoms with Crippen molar-refractivity contribution >= 4 is 34.7 Å². The van der Waals surface area contributed by atoms with Crippen molar-refractivity contribution < 1.29 is 19.5 Å². The van der Waals surface area contributed by atoms with Crippen molar-refractivity contribution in [3.8, 4) is 0 Å². The Balaban J connectivity index is 1.92. The minimum atomic E-state index is -1.29. The lowest BCUT2D eigenvalue weighted by Gasteiger charge is -2.42. The van der Waals surface area contributed by atoms with E-state index in [2.05, 4.69) is 27.7 Å². The van der Waals surface area contributed by atoms with Crippen LogP contribution in [-0.2, 0) is 10.8 Å². The van der Waals surface area contributed by atoms with E-state index in [0.29, 0.717) is 22.3 Å². The number of fused-ring (bicyclic) bond motifs is 2. The molecule has 31 heavy (non-hydrogen) atoms. The number of benzene rings is 2. The number of aromatic carboxylic acids is 1. The summed E-state index contributed by atoms with van der Waals surface area (Å²) in [7, 11) is 0. The summed E-state index contributed by atoms with van der Waals surface area (Å²) >= 11 is 6.44. The maximum Gasteiger partial charge on any atom is 0.205 e. The van der Waals surface area contributed by atoms with E-state index in [-0.39, 0.29) is 38.6 Å². The van der Waals surface area contributed by atoms with Crippen LogP contribution in [0.5, 0.6) is 0 Å². The Kier molecular flexibility index (Phi) is 4.78. The molecule has 0 atom stereocenters. The Morgan fingerprint density at radius 2 is 1.42 bits per heavy atom. The maximum atomic E-state index is 13.5. The minimum absolute atomic E-state index is 0.0357. The Labute approximate surface area is 186 Å². The monoisotopic (exact) mass is 435 g/mol. The number of hydrogen-bond donors (Lipinski definition) is 0. The molecule has 5 heteroatoms. The van der Waals surface area contributed by atoms with Crippen LogP contribution in [0.4, 0.5) is 0 Å². The predicted molar refractivity (Wildman–Crippen MR) is 119 cm³/mol. The first kappa shape index (κ1) is 21.5. The molecule has 2 aliphatic carbocycles. The number of carbonyl (C=O) groups is 3. The van der Waals surface area contributed by atoms with Gasteiger partial charge in [0.25, 0.3) is 0 Å². The Hall–Kier alpha value is -2.72. The molecular weight excluding hydrogens is 412 g/mol. The van der Waals surface area contributed by atoms with Gasteiger partial charge in [-0.2, -0.15) is 0 Å². The fraction of sp³-hybridized carbons (Fsp3) is 0.346. The number of rotatable bonds is 2. The Morgan fingerprint density at radius 3 is 1.90 bits per heavy atom. The van der Waals surface area contributed by atoms with Crippen LogP contribution in [-0.4, -0.2) is 17.5 Å². The van der Waals surface area contributed by atoms with Gasteiger partial charge in [0, 0.05) is 16.7 Å². The summed E-state index contributed by atoms with van der Waals surface area (Å²) in [6.45, 7) is 10.3. The molecule has 0 N–H and O–H groups in total. The molecule has 0 heterocycles. The summed E-state index contributed by atoms with van der Waals surface area (Å²) in [6, 6.07) is 8.16.